The molecule has 4 heteroatoms. The van der Waals surface area contributed by atoms with Crippen molar-refractivity contribution in [3.05, 3.63) is 35.0 Å². The van der Waals surface area contributed by atoms with E-state index in [1.54, 1.807) is 0 Å². The molecular formula is C16H21N3O. The van der Waals surface area contributed by atoms with Gasteiger partial charge in [0.1, 0.15) is 0 Å². The minimum Gasteiger partial charge on any atom is -0.377 e. The number of nitrogens with two attached hydrogens (primary N) is 1. The van der Waals surface area contributed by atoms with Crippen molar-refractivity contribution in [2.45, 2.75) is 26.7 Å². The molecule has 4 nitrogen and oxygen atoms in total. The number of rotatable bonds is 4. The van der Waals surface area contributed by atoms with E-state index in [0.29, 0.717) is 12.8 Å². The van der Waals surface area contributed by atoms with Crippen LogP contribution in [0.1, 0.15) is 23.2 Å². The monoisotopic (exact) mass is 271 g/mol. The highest BCUT2D eigenvalue weighted by molar-refractivity contribution is 5.94. The van der Waals surface area contributed by atoms with Crippen molar-refractivity contribution in [2.75, 3.05) is 19.0 Å². The Hall–Kier alpha value is -2.10. The van der Waals surface area contributed by atoms with E-state index >= 15 is 0 Å². The number of carbonyl (C=O) groups is 1. The summed E-state index contributed by atoms with van der Waals surface area (Å²) < 4.78 is 0. The van der Waals surface area contributed by atoms with Crippen molar-refractivity contribution in [3.8, 4) is 0 Å². The lowest BCUT2D eigenvalue weighted by Crippen LogP contribution is -2.12. The number of pyridine rings is 1. The molecule has 0 fully saturated rings. The average molecular weight is 271 g/mol. The van der Waals surface area contributed by atoms with Gasteiger partial charge < -0.3 is 10.6 Å². The third kappa shape index (κ3) is 2.90. The molecule has 0 unspecified atom stereocenters. The second kappa shape index (κ2) is 5.49. The fraction of sp³-hybridized carbons (Fsp3) is 0.375. The number of primary amides is 1. The zero-order valence-corrected chi connectivity index (χ0v) is 12.5. The summed E-state index contributed by atoms with van der Waals surface area (Å²) in [4.78, 5) is 17.7. The summed E-state index contributed by atoms with van der Waals surface area (Å²) in [5.74, 6) is -0.266. The Kier molecular flexibility index (Phi) is 3.93. The van der Waals surface area contributed by atoms with Gasteiger partial charge in [-0.1, -0.05) is 6.07 Å². The largest absolute Gasteiger partial charge is 0.377 e. The van der Waals surface area contributed by atoms with Gasteiger partial charge in [-0.05, 0) is 43.5 Å². The van der Waals surface area contributed by atoms with Crippen LogP contribution in [0, 0.1) is 13.8 Å². The molecule has 0 aliphatic heterocycles. The first-order valence-corrected chi connectivity index (χ1v) is 6.75. The van der Waals surface area contributed by atoms with Crippen LogP contribution in [0.5, 0.6) is 0 Å². The van der Waals surface area contributed by atoms with Crippen molar-refractivity contribution in [1.29, 1.82) is 0 Å². The molecule has 0 saturated carbocycles. The number of fused-ring (bicyclic) bond motifs is 1. The molecule has 106 valence electrons. The molecule has 2 N–H and O–H groups in total. The van der Waals surface area contributed by atoms with Gasteiger partial charge in [-0.3, -0.25) is 9.78 Å². The SMILES string of the molecule is Cc1cc(N(C)C)c2cc(CCC(N)=O)cc(C)c2n1. The molecule has 20 heavy (non-hydrogen) atoms. The number of aromatic nitrogens is 1. The van der Waals surface area contributed by atoms with Gasteiger partial charge in [0.05, 0.1) is 5.52 Å². The minimum atomic E-state index is -0.266. The Morgan fingerprint density at radius 2 is 1.95 bits per heavy atom. The van der Waals surface area contributed by atoms with Crippen molar-refractivity contribution in [1.82, 2.24) is 4.98 Å². The summed E-state index contributed by atoms with van der Waals surface area (Å²) in [5.41, 5.74) is 10.7. The second-order valence-corrected chi connectivity index (χ2v) is 5.45. The normalized spacial score (nSPS) is 10.8. The lowest BCUT2D eigenvalue weighted by Gasteiger charge is -2.18. The summed E-state index contributed by atoms with van der Waals surface area (Å²) in [6.45, 7) is 4.06. The molecule has 1 aromatic carbocycles. The Morgan fingerprint density at radius 1 is 1.25 bits per heavy atom. The fourth-order valence-electron chi connectivity index (χ4n) is 2.46. The molecule has 0 bridgehead atoms. The molecule has 0 saturated heterocycles. The van der Waals surface area contributed by atoms with Crippen LogP contribution >= 0.6 is 0 Å². The van der Waals surface area contributed by atoms with Gasteiger partial charge >= 0.3 is 0 Å². The molecule has 1 amide bonds. The topological polar surface area (TPSA) is 59.2 Å². The molecule has 0 spiro atoms. The van der Waals surface area contributed by atoms with Crippen LogP contribution in [-0.2, 0) is 11.2 Å². The molecule has 2 aromatic rings. The van der Waals surface area contributed by atoms with Gasteiger partial charge in [0, 0.05) is 37.3 Å². The van der Waals surface area contributed by atoms with E-state index in [4.69, 9.17) is 5.73 Å². The molecule has 0 aliphatic carbocycles. The summed E-state index contributed by atoms with van der Waals surface area (Å²) in [7, 11) is 4.05. The maximum absolute atomic E-state index is 10.9. The van der Waals surface area contributed by atoms with Crippen molar-refractivity contribution in [2.24, 2.45) is 5.73 Å². The summed E-state index contributed by atoms with van der Waals surface area (Å²) in [6, 6.07) is 6.30. The molecule has 2 rings (SSSR count). The Bertz CT molecular complexity index is 662. The highest BCUT2D eigenvalue weighted by atomic mass is 16.1. The number of carbonyl (C=O) groups excluding carboxylic acids is 1. The predicted molar refractivity (Wildman–Crippen MR) is 83.1 cm³/mol. The van der Waals surface area contributed by atoms with E-state index in [1.165, 1.54) is 0 Å². The number of benzene rings is 1. The highest BCUT2D eigenvalue weighted by Gasteiger charge is 2.10. The van der Waals surface area contributed by atoms with Crippen molar-refractivity contribution >= 4 is 22.5 Å². The molecule has 0 radical (unpaired) electrons. The van der Waals surface area contributed by atoms with E-state index in [-0.39, 0.29) is 5.91 Å². The number of amides is 1. The van der Waals surface area contributed by atoms with E-state index in [1.807, 2.05) is 21.0 Å². The second-order valence-electron chi connectivity index (χ2n) is 5.45. The van der Waals surface area contributed by atoms with Gasteiger partial charge in [0.25, 0.3) is 0 Å². The van der Waals surface area contributed by atoms with E-state index in [0.717, 1.165) is 33.4 Å². The number of anilines is 1. The average Bonchev–Trinajstić information content (AvgIpc) is 2.36. The van der Waals surface area contributed by atoms with Gasteiger partial charge in [-0.15, -0.1) is 0 Å². The minimum absolute atomic E-state index is 0.266. The molecular weight excluding hydrogens is 250 g/mol. The van der Waals surface area contributed by atoms with E-state index < -0.39 is 0 Å². The van der Waals surface area contributed by atoms with Crippen LogP contribution in [0.25, 0.3) is 10.9 Å². The van der Waals surface area contributed by atoms with Crippen LogP contribution in [0.4, 0.5) is 5.69 Å². The van der Waals surface area contributed by atoms with Gasteiger partial charge in [-0.2, -0.15) is 0 Å². The molecule has 1 aromatic heterocycles. The van der Waals surface area contributed by atoms with Crippen molar-refractivity contribution in [3.63, 3.8) is 0 Å². The van der Waals surface area contributed by atoms with E-state index in [2.05, 4.69) is 35.0 Å². The summed E-state index contributed by atoms with van der Waals surface area (Å²) in [5, 5.41) is 1.13. The lowest BCUT2D eigenvalue weighted by molar-refractivity contribution is -0.117. The Morgan fingerprint density at radius 3 is 2.55 bits per heavy atom. The van der Waals surface area contributed by atoms with Crippen LogP contribution in [0.2, 0.25) is 0 Å². The smallest absolute Gasteiger partial charge is 0.217 e. The standard InChI is InChI=1S/C16H21N3O/c1-10-7-12(5-6-15(17)20)9-13-14(19(3)4)8-11(2)18-16(10)13/h7-9H,5-6H2,1-4H3,(H2,17,20). The first kappa shape index (κ1) is 14.3. The summed E-state index contributed by atoms with van der Waals surface area (Å²) in [6.07, 6.45) is 1.05. The Labute approximate surface area is 119 Å². The van der Waals surface area contributed by atoms with Crippen LogP contribution in [0.15, 0.2) is 18.2 Å². The number of hydrogen-bond donors (Lipinski definition) is 1. The van der Waals surface area contributed by atoms with E-state index in [9.17, 15) is 4.79 Å². The fourth-order valence-corrected chi connectivity index (χ4v) is 2.46. The molecule has 1 heterocycles. The van der Waals surface area contributed by atoms with Gasteiger partial charge in [0.2, 0.25) is 5.91 Å². The number of aryl methyl sites for hydroxylation is 3. The zero-order valence-electron chi connectivity index (χ0n) is 12.5. The van der Waals surface area contributed by atoms with Gasteiger partial charge in [0.15, 0.2) is 0 Å². The quantitative estimate of drug-likeness (QED) is 0.928. The first-order valence-electron chi connectivity index (χ1n) is 6.75. The lowest BCUT2D eigenvalue weighted by atomic mass is 10.0. The number of hydrogen-bond acceptors (Lipinski definition) is 3. The van der Waals surface area contributed by atoms with Crippen LogP contribution in [-0.4, -0.2) is 25.0 Å². The maximum atomic E-state index is 10.9. The van der Waals surface area contributed by atoms with Crippen LogP contribution in [0.3, 0.4) is 0 Å². The molecule has 0 aliphatic rings. The third-order valence-electron chi connectivity index (χ3n) is 3.41. The summed E-state index contributed by atoms with van der Waals surface area (Å²) >= 11 is 0. The number of nitrogens with zero attached hydrogens (tertiary/aromatic N) is 2. The molecule has 0 atom stereocenters. The van der Waals surface area contributed by atoms with Gasteiger partial charge in [-0.25, -0.2) is 0 Å². The highest BCUT2D eigenvalue weighted by Crippen LogP contribution is 2.29. The van der Waals surface area contributed by atoms with Crippen molar-refractivity contribution < 1.29 is 4.79 Å². The zero-order chi connectivity index (χ0) is 14.9. The van der Waals surface area contributed by atoms with Crippen LogP contribution < -0.4 is 10.6 Å². The first-order chi connectivity index (χ1) is 9.38. The predicted octanol–water partition coefficient (Wildman–Crippen LogP) is 2.34. The third-order valence-corrected chi connectivity index (χ3v) is 3.41. The maximum Gasteiger partial charge on any atom is 0.217 e. The Balaban J connectivity index is 2.59.